The molecule has 3 heteroatoms. The van der Waals surface area contributed by atoms with Crippen LogP contribution in [0.4, 0.5) is 0 Å². The molecule has 0 saturated heterocycles. The molecule has 5 rings (SSSR count). The van der Waals surface area contributed by atoms with Crippen LogP contribution in [-0.2, 0) is 6.54 Å². The van der Waals surface area contributed by atoms with E-state index in [4.69, 9.17) is 4.74 Å². The average Bonchev–Trinajstić information content (AvgIpc) is 3.01. The van der Waals surface area contributed by atoms with E-state index in [0.29, 0.717) is 11.7 Å². The Morgan fingerprint density at radius 1 is 1.17 bits per heavy atom. The van der Waals surface area contributed by atoms with Gasteiger partial charge in [-0.05, 0) is 46.1 Å². The van der Waals surface area contributed by atoms with Gasteiger partial charge in [0.05, 0.1) is 5.52 Å². The van der Waals surface area contributed by atoms with Gasteiger partial charge in [-0.3, -0.25) is 0 Å². The molecule has 3 nitrogen and oxygen atoms in total. The SMILES string of the molecule is CCCCCn1c2ccccc2c2c(O)c3c(cc21)OC(C)(C)[C@@H]1CCC(C)=C[C@@H]31. The number of benzene rings is 2. The maximum absolute atomic E-state index is 11.7. The summed E-state index contributed by atoms with van der Waals surface area (Å²) in [6.07, 6.45) is 8.15. The van der Waals surface area contributed by atoms with Crippen molar-refractivity contribution in [2.24, 2.45) is 5.92 Å². The summed E-state index contributed by atoms with van der Waals surface area (Å²) in [5.74, 6) is 1.88. The summed E-state index contributed by atoms with van der Waals surface area (Å²) in [6.45, 7) is 9.83. The third-order valence-corrected chi connectivity index (χ3v) is 7.37. The van der Waals surface area contributed by atoms with E-state index in [0.717, 1.165) is 53.4 Å². The molecule has 0 radical (unpaired) electrons. The van der Waals surface area contributed by atoms with Crippen LogP contribution < -0.4 is 4.74 Å². The van der Waals surface area contributed by atoms with Crippen LogP contribution in [0, 0.1) is 5.92 Å². The summed E-state index contributed by atoms with van der Waals surface area (Å²) in [4.78, 5) is 0. The summed E-state index contributed by atoms with van der Waals surface area (Å²) >= 11 is 0. The molecule has 1 N–H and O–H groups in total. The van der Waals surface area contributed by atoms with E-state index in [1.54, 1.807) is 0 Å². The Kier molecular flexibility index (Phi) is 4.61. The number of unbranched alkanes of at least 4 members (excludes halogenated alkanes) is 2. The molecule has 3 aromatic rings. The fraction of sp³-hybridized carbons (Fsp3) is 0.481. The Balaban J connectivity index is 1.79. The Bertz CT molecular complexity index is 1150. The van der Waals surface area contributed by atoms with Gasteiger partial charge < -0.3 is 14.4 Å². The number of phenols is 1. The molecule has 2 aliphatic rings. The minimum absolute atomic E-state index is 0.212. The van der Waals surface area contributed by atoms with Crippen molar-refractivity contribution in [3.05, 3.63) is 47.5 Å². The van der Waals surface area contributed by atoms with Gasteiger partial charge in [-0.15, -0.1) is 0 Å². The molecule has 0 saturated carbocycles. The van der Waals surface area contributed by atoms with E-state index < -0.39 is 0 Å². The lowest BCUT2D eigenvalue weighted by atomic mass is 9.68. The smallest absolute Gasteiger partial charge is 0.133 e. The van der Waals surface area contributed by atoms with Crippen LogP contribution in [0.1, 0.15) is 71.3 Å². The van der Waals surface area contributed by atoms with Crippen molar-refractivity contribution in [2.75, 3.05) is 0 Å². The summed E-state index contributed by atoms with van der Waals surface area (Å²) in [5.41, 5.74) is 4.46. The minimum atomic E-state index is -0.242. The van der Waals surface area contributed by atoms with Crippen LogP contribution >= 0.6 is 0 Å². The first-order valence-electron chi connectivity index (χ1n) is 11.6. The zero-order valence-electron chi connectivity index (χ0n) is 18.7. The summed E-state index contributed by atoms with van der Waals surface area (Å²) < 4.78 is 8.97. The van der Waals surface area contributed by atoms with Crippen molar-refractivity contribution in [2.45, 2.75) is 77.9 Å². The lowest BCUT2D eigenvalue weighted by Crippen LogP contribution is -2.45. The maximum Gasteiger partial charge on any atom is 0.133 e. The van der Waals surface area contributed by atoms with Crippen LogP contribution in [0.2, 0.25) is 0 Å². The largest absolute Gasteiger partial charge is 0.507 e. The lowest BCUT2D eigenvalue weighted by Gasteiger charge is -2.46. The number of phenolic OH excluding ortho intramolecular Hbond substituents is 1. The fourth-order valence-electron chi connectivity index (χ4n) is 5.84. The van der Waals surface area contributed by atoms with E-state index in [2.05, 4.69) is 68.7 Å². The van der Waals surface area contributed by atoms with Gasteiger partial charge in [-0.1, -0.05) is 49.6 Å². The highest BCUT2D eigenvalue weighted by Gasteiger charge is 2.45. The highest BCUT2D eigenvalue weighted by Crippen LogP contribution is 2.55. The quantitative estimate of drug-likeness (QED) is 0.366. The third-order valence-electron chi connectivity index (χ3n) is 7.37. The number of allylic oxidation sites excluding steroid dienone is 2. The minimum Gasteiger partial charge on any atom is -0.507 e. The van der Waals surface area contributed by atoms with Crippen molar-refractivity contribution in [1.29, 1.82) is 0 Å². The number of nitrogens with zero attached hydrogens (tertiary/aromatic N) is 1. The second-order valence-corrected chi connectivity index (χ2v) is 9.80. The number of aromatic nitrogens is 1. The molecule has 0 unspecified atom stereocenters. The molecule has 1 aliphatic carbocycles. The van der Waals surface area contributed by atoms with E-state index in [1.807, 2.05) is 0 Å². The van der Waals surface area contributed by atoms with Crippen molar-refractivity contribution >= 4 is 21.8 Å². The van der Waals surface area contributed by atoms with E-state index in [9.17, 15) is 5.11 Å². The predicted molar refractivity (Wildman–Crippen MR) is 125 cm³/mol. The van der Waals surface area contributed by atoms with Gasteiger partial charge in [0.15, 0.2) is 0 Å². The van der Waals surface area contributed by atoms with Gasteiger partial charge in [0.2, 0.25) is 0 Å². The standard InChI is InChI=1S/C27H33NO2/c1-5-6-9-14-28-21-11-8-7-10-18(21)24-22(28)16-23-25(26(24)29)19-15-17(2)12-13-20(19)27(3,4)30-23/h7-8,10-11,15-16,19-20,29H,5-6,9,12-14H2,1-4H3/t19-,20-/m1/s1. The Hall–Kier alpha value is -2.42. The maximum atomic E-state index is 11.7. The highest BCUT2D eigenvalue weighted by atomic mass is 16.5. The van der Waals surface area contributed by atoms with Gasteiger partial charge in [0.1, 0.15) is 17.1 Å². The first-order chi connectivity index (χ1) is 14.4. The van der Waals surface area contributed by atoms with Crippen molar-refractivity contribution < 1.29 is 9.84 Å². The summed E-state index contributed by atoms with van der Waals surface area (Å²) in [6, 6.07) is 10.7. The zero-order valence-corrected chi connectivity index (χ0v) is 18.7. The van der Waals surface area contributed by atoms with Crippen LogP contribution in [0.25, 0.3) is 21.8 Å². The first kappa shape index (κ1) is 19.5. The number of hydrogen-bond acceptors (Lipinski definition) is 2. The Morgan fingerprint density at radius 2 is 1.97 bits per heavy atom. The Labute approximate surface area is 179 Å². The first-order valence-corrected chi connectivity index (χ1v) is 11.6. The van der Waals surface area contributed by atoms with Crippen molar-refractivity contribution in [3.8, 4) is 11.5 Å². The molecule has 0 bridgehead atoms. The van der Waals surface area contributed by atoms with Crippen LogP contribution in [0.5, 0.6) is 11.5 Å². The van der Waals surface area contributed by atoms with Crippen LogP contribution in [0.3, 0.4) is 0 Å². The molecule has 1 aliphatic heterocycles. The lowest BCUT2D eigenvalue weighted by molar-refractivity contribution is 0.0110. The molecule has 2 atom stereocenters. The number of rotatable bonds is 4. The van der Waals surface area contributed by atoms with Gasteiger partial charge >= 0.3 is 0 Å². The highest BCUT2D eigenvalue weighted by molar-refractivity contribution is 6.12. The molecule has 158 valence electrons. The molecule has 0 amide bonds. The molecule has 30 heavy (non-hydrogen) atoms. The molecule has 1 aromatic heterocycles. The number of aryl methyl sites for hydroxylation is 1. The summed E-state index contributed by atoms with van der Waals surface area (Å²) in [5, 5.41) is 13.8. The van der Waals surface area contributed by atoms with E-state index >= 15 is 0 Å². The van der Waals surface area contributed by atoms with Gasteiger partial charge in [-0.2, -0.15) is 0 Å². The normalized spacial score (nSPS) is 22.5. The predicted octanol–water partition coefficient (Wildman–Crippen LogP) is 7.30. The molecular weight excluding hydrogens is 370 g/mol. The second-order valence-electron chi connectivity index (χ2n) is 9.80. The molecular formula is C27H33NO2. The molecule has 0 spiro atoms. The van der Waals surface area contributed by atoms with E-state index in [-0.39, 0.29) is 11.5 Å². The van der Waals surface area contributed by atoms with Crippen LogP contribution in [0.15, 0.2) is 42.0 Å². The number of hydrogen-bond donors (Lipinski definition) is 1. The molecule has 0 fully saturated rings. The number of ether oxygens (including phenoxy) is 1. The summed E-state index contributed by atoms with van der Waals surface area (Å²) in [7, 11) is 0. The van der Waals surface area contributed by atoms with Gasteiger partial charge in [0, 0.05) is 46.3 Å². The number of para-hydroxylation sites is 1. The number of fused-ring (bicyclic) bond motifs is 6. The van der Waals surface area contributed by atoms with Crippen molar-refractivity contribution in [1.82, 2.24) is 4.57 Å². The monoisotopic (exact) mass is 403 g/mol. The van der Waals surface area contributed by atoms with Crippen molar-refractivity contribution in [3.63, 3.8) is 0 Å². The van der Waals surface area contributed by atoms with Gasteiger partial charge in [-0.25, -0.2) is 0 Å². The third kappa shape index (κ3) is 2.85. The molecule has 2 aromatic carbocycles. The second kappa shape index (κ2) is 7.08. The number of aromatic hydroxyl groups is 1. The zero-order chi connectivity index (χ0) is 21.0. The van der Waals surface area contributed by atoms with Crippen LogP contribution in [-0.4, -0.2) is 15.3 Å². The Morgan fingerprint density at radius 3 is 2.77 bits per heavy atom. The van der Waals surface area contributed by atoms with E-state index in [1.165, 1.54) is 23.9 Å². The van der Waals surface area contributed by atoms with Gasteiger partial charge in [0.25, 0.3) is 0 Å². The average molecular weight is 404 g/mol. The molecule has 2 heterocycles. The fourth-order valence-corrected chi connectivity index (χ4v) is 5.84. The topological polar surface area (TPSA) is 34.4 Å².